The minimum atomic E-state index is -0.934. The van der Waals surface area contributed by atoms with Gasteiger partial charge in [0.05, 0.1) is 7.11 Å². The summed E-state index contributed by atoms with van der Waals surface area (Å²) >= 11 is 0. The van der Waals surface area contributed by atoms with E-state index >= 15 is 0 Å². The molecule has 1 aliphatic rings. The van der Waals surface area contributed by atoms with E-state index in [1.165, 1.54) is 14.0 Å². The zero-order valence-electron chi connectivity index (χ0n) is 15.8. The predicted octanol–water partition coefficient (Wildman–Crippen LogP) is 1.95. The summed E-state index contributed by atoms with van der Waals surface area (Å²) < 4.78 is 10.2. The van der Waals surface area contributed by atoms with E-state index in [0.717, 1.165) is 17.7 Å². The van der Waals surface area contributed by atoms with Gasteiger partial charge in [-0.2, -0.15) is 0 Å². The Morgan fingerprint density at radius 2 is 1.82 bits per heavy atom. The molecule has 2 amide bonds. The van der Waals surface area contributed by atoms with Gasteiger partial charge in [0.1, 0.15) is 12.3 Å². The minimum Gasteiger partial charge on any atom is -0.497 e. The lowest BCUT2D eigenvalue weighted by Gasteiger charge is -2.21. The van der Waals surface area contributed by atoms with Crippen molar-refractivity contribution < 1.29 is 23.9 Å². The standard InChI is InChI=1S/C21H22N2O5/c1-14(21(26)23-12-11-15-5-3-4-6-18(15)23)28-19(24)13-22-20(25)16-7-9-17(27-2)10-8-16/h3-10,14H,11-13H2,1-2H3,(H,22,25). The number of anilines is 1. The lowest BCUT2D eigenvalue weighted by Crippen LogP contribution is -2.41. The summed E-state index contributed by atoms with van der Waals surface area (Å²) in [6.07, 6.45) is -0.155. The van der Waals surface area contributed by atoms with Crippen LogP contribution >= 0.6 is 0 Å². The second kappa shape index (κ2) is 8.56. The van der Waals surface area contributed by atoms with E-state index in [-0.39, 0.29) is 12.5 Å². The molecule has 1 heterocycles. The first-order valence-electron chi connectivity index (χ1n) is 9.00. The molecule has 1 atom stereocenters. The first kappa shape index (κ1) is 19.4. The van der Waals surface area contributed by atoms with Crippen LogP contribution in [-0.2, 0) is 20.7 Å². The van der Waals surface area contributed by atoms with Gasteiger partial charge in [0, 0.05) is 17.8 Å². The molecule has 0 radical (unpaired) electrons. The number of esters is 1. The molecule has 1 aliphatic heterocycles. The van der Waals surface area contributed by atoms with Crippen molar-refractivity contribution in [1.29, 1.82) is 0 Å². The van der Waals surface area contributed by atoms with E-state index in [1.54, 1.807) is 29.2 Å². The van der Waals surface area contributed by atoms with Crippen LogP contribution in [0.3, 0.4) is 0 Å². The third-order valence-corrected chi connectivity index (χ3v) is 4.55. The van der Waals surface area contributed by atoms with Gasteiger partial charge in [-0.3, -0.25) is 14.4 Å². The van der Waals surface area contributed by atoms with Crippen molar-refractivity contribution in [3.63, 3.8) is 0 Å². The molecule has 7 nitrogen and oxygen atoms in total. The molecule has 0 bridgehead atoms. The maximum Gasteiger partial charge on any atom is 0.326 e. The van der Waals surface area contributed by atoms with Gasteiger partial charge in [0.2, 0.25) is 0 Å². The number of carbonyl (C=O) groups is 3. The highest BCUT2D eigenvalue weighted by Crippen LogP contribution is 2.28. The molecule has 0 aromatic heterocycles. The van der Waals surface area contributed by atoms with Gasteiger partial charge in [-0.25, -0.2) is 0 Å². The highest BCUT2D eigenvalue weighted by Gasteiger charge is 2.29. The third-order valence-electron chi connectivity index (χ3n) is 4.55. The van der Waals surface area contributed by atoms with Crippen molar-refractivity contribution >= 4 is 23.5 Å². The van der Waals surface area contributed by atoms with Gasteiger partial charge in [0.25, 0.3) is 11.8 Å². The van der Waals surface area contributed by atoms with Crippen molar-refractivity contribution in [3.05, 3.63) is 59.7 Å². The van der Waals surface area contributed by atoms with Crippen LogP contribution < -0.4 is 15.0 Å². The Kier molecular flexibility index (Phi) is 5.93. The van der Waals surface area contributed by atoms with Crippen molar-refractivity contribution in [2.24, 2.45) is 0 Å². The molecule has 0 saturated carbocycles. The number of methoxy groups -OCH3 is 1. The van der Waals surface area contributed by atoms with Crippen LogP contribution in [0.5, 0.6) is 5.75 Å². The first-order chi connectivity index (χ1) is 13.5. The molecule has 2 aromatic carbocycles. The summed E-state index contributed by atoms with van der Waals surface area (Å²) in [7, 11) is 1.54. The topological polar surface area (TPSA) is 84.9 Å². The van der Waals surface area contributed by atoms with E-state index in [2.05, 4.69) is 5.32 Å². The van der Waals surface area contributed by atoms with E-state index in [4.69, 9.17) is 9.47 Å². The number of amides is 2. The zero-order valence-corrected chi connectivity index (χ0v) is 15.8. The number of benzene rings is 2. The molecule has 0 aliphatic carbocycles. The van der Waals surface area contributed by atoms with E-state index in [0.29, 0.717) is 17.9 Å². The summed E-state index contributed by atoms with van der Waals surface area (Å²) in [6, 6.07) is 14.2. The van der Waals surface area contributed by atoms with Gasteiger partial charge in [-0.05, 0) is 49.2 Å². The quantitative estimate of drug-likeness (QED) is 0.772. The molecule has 146 valence electrons. The Labute approximate surface area is 163 Å². The SMILES string of the molecule is COc1ccc(C(=O)NCC(=O)OC(C)C(=O)N2CCc3ccccc32)cc1. The van der Waals surface area contributed by atoms with Crippen LogP contribution in [0.25, 0.3) is 0 Å². The Bertz CT molecular complexity index is 879. The number of carbonyl (C=O) groups excluding carboxylic acids is 3. The van der Waals surface area contributed by atoms with Gasteiger partial charge < -0.3 is 19.7 Å². The number of hydrogen-bond donors (Lipinski definition) is 1. The second-order valence-electron chi connectivity index (χ2n) is 6.41. The molecule has 1 unspecified atom stereocenters. The van der Waals surface area contributed by atoms with Crippen LogP contribution in [0.15, 0.2) is 48.5 Å². The lowest BCUT2D eigenvalue weighted by atomic mass is 10.2. The second-order valence-corrected chi connectivity index (χ2v) is 6.41. The molecule has 2 aromatic rings. The molecule has 7 heteroatoms. The van der Waals surface area contributed by atoms with Crippen molar-refractivity contribution in [2.75, 3.05) is 25.1 Å². The smallest absolute Gasteiger partial charge is 0.326 e. The number of nitrogens with zero attached hydrogens (tertiary/aromatic N) is 1. The molecule has 1 N–H and O–H groups in total. The fraction of sp³-hybridized carbons (Fsp3) is 0.286. The Balaban J connectivity index is 1.50. The largest absolute Gasteiger partial charge is 0.497 e. The Morgan fingerprint density at radius 1 is 1.11 bits per heavy atom. The number of nitrogens with one attached hydrogen (secondary N) is 1. The third kappa shape index (κ3) is 4.31. The number of hydrogen-bond acceptors (Lipinski definition) is 5. The highest BCUT2D eigenvalue weighted by molar-refractivity contribution is 5.99. The normalized spacial score (nSPS) is 13.4. The number of para-hydroxylation sites is 1. The summed E-state index contributed by atoms with van der Waals surface area (Å²) in [4.78, 5) is 38.3. The van der Waals surface area contributed by atoms with E-state index < -0.39 is 18.0 Å². The fourth-order valence-corrected chi connectivity index (χ4v) is 3.07. The molecule has 0 fully saturated rings. The average Bonchev–Trinajstić information content (AvgIpc) is 3.15. The lowest BCUT2D eigenvalue weighted by molar-refractivity contribution is -0.152. The summed E-state index contributed by atoms with van der Waals surface area (Å²) in [6.45, 7) is 1.78. The van der Waals surface area contributed by atoms with Gasteiger partial charge >= 0.3 is 5.97 Å². The average molecular weight is 382 g/mol. The first-order valence-corrected chi connectivity index (χ1v) is 9.00. The molecular formula is C21H22N2O5. The number of fused-ring (bicyclic) bond motifs is 1. The fourth-order valence-electron chi connectivity index (χ4n) is 3.07. The monoisotopic (exact) mass is 382 g/mol. The maximum atomic E-state index is 12.6. The van der Waals surface area contributed by atoms with Crippen molar-refractivity contribution in [2.45, 2.75) is 19.4 Å². The molecular weight excluding hydrogens is 360 g/mol. The minimum absolute atomic E-state index is 0.278. The summed E-state index contributed by atoms with van der Waals surface area (Å²) in [5.74, 6) is -0.728. The van der Waals surface area contributed by atoms with Gasteiger partial charge in [-0.1, -0.05) is 18.2 Å². The molecule has 0 saturated heterocycles. The van der Waals surface area contributed by atoms with Gasteiger partial charge in [-0.15, -0.1) is 0 Å². The van der Waals surface area contributed by atoms with E-state index in [9.17, 15) is 14.4 Å². The summed E-state index contributed by atoms with van der Waals surface area (Å²) in [5.41, 5.74) is 2.34. The van der Waals surface area contributed by atoms with Crippen LogP contribution in [0.1, 0.15) is 22.8 Å². The van der Waals surface area contributed by atoms with E-state index in [1.807, 2.05) is 24.3 Å². The maximum absolute atomic E-state index is 12.6. The number of ether oxygens (including phenoxy) is 2. The molecule has 3 rings (SSSR count). The zero-order chi connectivity index (χ0) is 20.1. The molecule has 28 heavy (non-hydrogen) atoms. The van der Waals surface area contributed by atoms with Gasteiger partial charge in [0.15, 0.2) is 6.10 Å². The van der Waals surface area contributed by atoms with Crippen molar-refractivity contribution in [1.82, 2.24) is 5.32 Å². The highest BCUT2D eigenvalue weighted by atomic mass is 16.5. The summed E-state index contributed by atoms with van der Waals surface area (Å²) in [5, 5.41) is 2.49. The van der Waals surface area contributed by atoms with Crippen LogP contribution in [-0.4, -0.2) is 44.1 Å². The van der Waals surface area contributed by atoms with Crippen LogP contribution in [0, 0.1) is 0 Å². The van der Waals surface area contributed by atoms with Crippen LogP contribution in [0.4, 0.5) is 5.69 Å². The Morgan fingerprint density at radius 3 is 2.54 bits per heavy atom. The van der Waals surface area contributed by atoms with Crippen molar-refractivity contribution in [3.8, 4) is 5.75 Å². The molecule has 0 spiro atoms. The Hall–Kier alpha value is -3.35. The predicted molar refractivity (Wildman–Crippen MR) is 103 cm³/mol. The number of rotatable bonds is 6. The van der Waals surface area contributed by atoms with Crippen LogP contribution in [0.2, 0.25) is 0 Å².